The lowest BCUT2D eigenvalue weighted by atomic mass is 10.0. The molecular weight excluding hydrogens is 742 g/mol. The molecule has 1 fully saturated rings. The molecule has 1 unspecified atom stereocenters. The Balaban J connectivity index is 0.0000270. The number of aliphatic hydroxyl groups is 5. The minimum Gasteiger partial charge on any atom is -1.00 e. The number of carboxylic acid groups (broad SMARTS) is 4. The minimum absolute atomic E-state index is 0. The molecule has 1 heterocycles. The fourth-order valence-corrected chi connectivity index (χ4v) is 9.33. The third kappa shape index (κ3) is 18.5. The number of aliphatic hydroxyl groups excluding tert-OH is 5. The molecule has 0 spiro atoms. The largest absolute Gasteiger partial charge is 1.00 e. The normalized spacial score (nSPS) is 23.3. The molecule has 312 valence electrons. The van der Waals surface area contributed by atoms with Crippen molar-refractivity contribution in [2.45, 2.75) is 165 Å². The van der Waals surface area contributed by atoms with Crippen LogP contribution in [0.25, 0.3) is 0 Å². The first-order valence-electron chi connectivity index (χ1n) is 18.6. The molecule has 17 nitrogen and oxygen atoms in total. The molecule has 1 saturated heterocycles. The quantitative estimate of drug-likeness (QED) is 0.0229. The van der Waals surface area contributed by atoms with Crippen LogP contribution in [-0.2, 0) is 32.5 Å². The maximum atomic E-state index is 12.2. The number of aliphatic carboxylic acids is 4. The van der Waals surface area contributed by atoms with Gasteiger partial charge >= 0.3 is 32.7 Å². The molecule has 9 N–H and O–H groups in total. The molecule has 0 aromatic rings. The Labute approximate surface area is 319 Å². The van der Waals surface area contributed by atoms with Gasteiger partial charge in [0.25, 0.3) is 0 Å². The summed E-state index contributed by atoms with van der Waals surface area (Å²) in [6.07, 6.45) is -1.16. The number of hydrogen-bond acceptors (Lipinski definition) is 12. The van der Waals surface area contributed by atoms with E-state index in [4.69, 9.17) is 18.4 Å². The second kappa shape index (κ2) is 26.0. The summed E-state index contributed by atoms with van der Waals surface area (Å²) in [6.45, 7) is 3.36. The highest BCUT2D eigenvalue weighted by Gasteiger charge is 2.60. The first kappa shape index (κ1) is 51.0. The number of carboxylic acids is 4. The molecule has 0 saturated carbocycles. The van der Waals surface area contributed by atoms with E-state index in [1.807, 2.05) is 14.1 Å². The van der Waals surface area contributed by atoms with Crippen LogP contribution in [0.1, 0.15) is 110 Å². The summed E-state index contributed by atoms with van der Waals surface area (Å²) in [5, 5.41) is 89.2. The summed E-state index contributed by atoms with van der Waals surface area (Å²) in [5.41, 5.74) is 0. The summed E-state index contributed by atoms with van der Waals surface area (Å²) in [4.78, 5) is 47.0. The summed E-state index contributed by atoms with van der Waals surface area (Å²) >= 11 is 0. The summed E-state index contributed by atoms with van der Waals surface area (Å²) in [7, 11) is -0.968. The third-order valence-corrected chi connectivity index (χ3v) is 12.3. The first-order chi connectivity index (χ1) is 24.4. The maximum Gasteiger partial charge on any atom is 0.503 e. The van der Waals surface area contributed by atoms with Gasteiger partial charge in [-0.15, -0.1) is 0 Å². The van der Waals surface area contributed by atoms with Crippen molar-refractivity contribution >= 4 is 32.7 Å². The molecule has 1 aliphatic heterocycles. The Hall–Kier alpha value is -1.97. The van der Waals surface area contributed by atoms with Gasteiger partial charge in [-0.3, -0.25) is 0 Å². The van der Waals surface area contributed by atoms with Crippen LogP contribution in [0.4, 0.5) is 0 Å². The molecule has 53 heavy (non-hydrogen) atoms. The van der Waals surface area contributed by atoms with Crippen LogP contribution in [-0.4, -0.2) is 159 Å². The van der Waals surface area contributed by atoms with Gasteiger partial charge in [-0.2, -0.15) is 0 Å². The van der Waals surface area contributed by atoms with Crippen molar-refractivity contribution in [3.63, 3.8) is 0 Å². The van der Waals surface area contributed by atoms with Gasteiger partial charge in [0.05, 0.1) is 27.2 Å². The van der Waals surface area contributed by atoms with E-state index in [1.54, 1.807) is 0 Å². The summed E-state index contributed by atoms with van der Waals surface area (Å²) in [5.74, 6) is -7.73. The highest BCUT2D eigenvalue weighted by atomic mass is 35.5. The van der Waals surface area contributed by atoms with Crippen molar-refractivity contribution in [2.75, 3.05) is 27.2 Å². The van der Waals surface area contributed by atoms with E-state index in [1.165, 1.54) is 70.6 Å². The van der Waals surface area contributed by atoms with Crippen molar-refractivity contribution in [2.24, 2.45) is 0 Å². The Kier molecular flexibility index (Phi) is 25.0. The van der Waals surface area contributed by atoms with Gasteiger partial charge in [0.2, 0.25) is 0 Å². The van der Waals surface area contributed by atoms with Gasteiger partial charge in [-0.1, -0.05) is 90.4 Å². The van der Waals surface area contributed by atoms with E-state index in [2.05, 4.69) is 6.92 Å². The molecule has 0 bridgehead atoms. The summed E-state index contributed by atoms with van der Waals surface area (Å²) in [6, 6.07) is -0.388. The molecule has 9 atom stereocenters. The van der Waals surface area contributed by atoms with E-state index < -0.39 is 81.5 Å². The fourth-order valence-electron chi connectivity index (χ4n) is 6.28. The number of unbranched alkanes of at least 4 members (excludes halogenated alkanes) is 14. The lowest BCUT2D eigenvalue weighted by molar-refractivity contribution is -0.890. The van der Waals surface area contributed by atoms with Crippen molar-refractivity contribution in [3.8, 4) is 0 Å². The number of quaternary nitrogens is 1. The number of rotatable bonds is 30. The smallest absolute Gasteiger partial charge is 0.503 e. The predicted octanol–water partition coefficient (Wildman–Crippen LogP) is -1.42. The average molecular weight is 806 g/mol. The zero-order chi connectivity index (χ0) is 39.5. The zero-order valence-electron chi connectivity index (χ0n) is 31.3. The van der Waals surface area contributed by atoms with Crippen LogP contribution >= 0.6 is 0 Å². The van der Waals surface area contributed by atoms with Gasteiger partial charge in [-0.05, 0) is 12.8 Å². The van der Waals surface area contributed by atoms with Gasteiger partial charge in [0, 0.05) is 12.5 Å². The molecule has 0 amide bonds. The monoisotopic (exact) mass is 805 g/mol. The molecule has 19 heteroatoms. The molecule has 1 aliphatic rings. The Morgan fingerprint density at radius 1 is 0.660 bits per heavy atom. The van der Waals surface area contributed by atoms with Crippen LogP contribution in [0.15, 0.2) is 0 Å². The number of hydrogen-bond donors (Lipinski definition) is 9. The van der Waals surface area contributed by atoms with E-state index in [-0.39, 0.29) is 24.9 Å². The highest BCUT2D eigenvalue weighted by molar-refractivity contribution is 6.61. The van der Waals surface area contributed by atoms with Crippen molar-refractivity contribution in [3.05, 3.63) is 0 Å². The maximum absolute atomic E-state index is 12.2. The molecular formula is C34H64ClNO16Si. The zero-order valence-corrected chi connectivity index (χ0v) is 33.0. The van der Waals surface area contributed by atoms with E-state index >= 15 is 0 Å². The van der Waals surface area contributed by atoms with Crippen LogP contribution in [0.2, 0.25) is 6.04 Å². The van der Waals surface area contributed by atoms with E-state index in [0.717, 1.165) is 32.2 Å². The van der Waals surface area contributed by atoms with E-state index in [0.29, 0.717) is 11.0 Å². The van der Waals surface area contributed by atoms with Crippen molar-refractivity contribution in [1.82, 2.24) is 0 Å². The van der Waals surface area contributed by atoms with Gasteiger partial charge in [0.15, 0.2) is 24.4 Å². The SMILES string of the molecule is CCCCCCCCCCCCCCCCC[N+](C)(C)CCC[Si]1(O[C@H](C(=O)O)[C@H](O)[C@H](O)[C@@H](O)C(=O)O)O[C@@H]([C@H](O)C(=O)O)[C@H](O)[C@H](C(=O)O)O1.[Cl-]. The van der Waals surface area contributed by atoms with Gasteiger partial charge in [0.1, 0.15) is 24.4 Å². The molecule has 0 aromatic carbocycles. The standard InChI is InChI=1S/C34H63NO16Si.ClH/c1-4-5-6-7-8-9-10-11-12-13-14-15-16-17-18-20-35(2,3)21-19-22-52(50-29(33(45)46)24(37)23(36)25(38)31(41)42)49-28(27(40)32(43)44)26(39)30(51-52)34(47)48;/h23-30,36-40H,4-22H2,1-3H3,(H3-,41,42,43,44,45,46,47,48);1H/t23-,24+,25+,26-,27-,28+,29-,30+,52?;/m0./s1. The van der Waals surface area contributed by atoms with Crippen molar-refractivity contribution in [1.29, 1.82) is 0 Å². The van der Waals surface area contributed by atoms with Crippen LogP contribution in [0.3, 0.4) is 0 Å². The third-order valence-electron chi connectivity index (χ3n) is 9.48. The molecule has 1 rings (SSSR count). The fraction of sp³-hybridized carbons (Fsp3) is 0.882. The van der Waals surface area contributed by atoms with Crippen LogP contribution in [0.5, 0.6) is 0 Å². The Bertz CT molecular complexity index is 1090. The predicted molar refractivity (Wildman–Crippen MR) is 187 cm³/mol. The van der Waals surface area contributed by atoms with Crippen molar-refractivity contribution < 1.29 is 95.3 Å². The van der Waals surface area contributed by atoms with E-state index in [9.17, 15) is 60.0 Å². The van der Waals surface area contributed by atoms with Crippen LogP contribution < -0.4 is 12.4 Å². The lowest BCUT2D eigenvalue weighted by Gasteiger charge is -2.45. The number of halogens is 1. The second-order valence-electron chi connectivity index (χ2n) is 14.5. The Morgan fingerprint density at radius 2 is 1.11 bits per heavy atom. The number of carbonyl (C=O) groups is 4. The molecule has 0 aliphatic carbocycles. The number of nitrogens with zero attached hydrogens (tertiary/aromatic N) is 1. The molecule has 0 radical (unpaired) electrons. The minimum atomic E-state index is -4.85. The van der Waals surface area contributed by atoms with Gasteiger partial charge < -0.3 is 76.1 Å². The summed E-state index contributed by atoms with van der Waals surface area (Å²) < 4.78 is 17.2. The Morgan fingerprint density at radius 3 is 1.53 bits per heavy atom. The first-order valence-corrected chi connectivity index (χ1v) is 20.5. The second-order valence-corrected chi connectivity index (χ2v) is 17.1. The van der Waals surface area contributed by atoms with Crippen LogP contribution in [0, 0.1) is 0 Å². The lowest BCUT2D eigenvalue weighted by Crippen LogP contribution is -3.00. The average Bonchev–Trinajstić information content (AvgIpc) is 3.08. The highest BCUT2D eigenvalue weighted by Crippen LogP contribution is 2.34. The van der Waals surface area contributed by atoms with Gasteiger partial charge in [-0.25, -0.2) is 19.2 Å². The molecule has 0 aromatic heterocycles. The topological polar surface area (TPSA) is 278 Å².